The fourth-order valence-electron chi connectivity index (χ4n) is 1.84. The van der Waals surface area contributed by atoms with Gasteiger partial charge in [0.05, 0.1) is 20.3 Å². The van der Waals surface area contributed by atoms with Crippen LogP contribution in [0.5, 0.6) is 11.6 Å². The van der Waals surface area contributed by atoms with Gasteiger partial charge < -0.3 is 14.6 Å². The summed E-state index contributed by atoms with van der Waals surface area (Å²) in [5.41, 5.74) is 1.78. The van der Waals surface area contributed by atoms with Crippen LogP contribution in [0.15, 0.2) is 42.6 Å². The number of methoxy groups -OCH3 is 2. The molecule has 1 atom stereocenters. The lowest BCUT2D eigenvalue weighted by Gasteiger charge is -2.12. The normalized spacial score (nSPS) is 11.9. The van der Waals surface area contributed by atoms with E-state index in [9.17, 15) is 5.11 Å². The number of aromatic nitrogens is 1. The molecule has 1 unspecified atom stereocenters. The van der Waals surface area contributed by atoms with E-state index in [1.54, 1.807) is 26.5 Å². The first kappa shape index (κ1) is 13.4. The summed E-state index contributed by atoms with van der Waals surface area (Å²) in [6.07, 6.45) is 1.64. The smallest absolute Gasteiger partial charge is 0.212 e. The first-order valence-electron chi connectivity index (χ1n) is 6.04. The van der Waals surface area contributed by atoms with E-state index in [2.05, 4.69) is 4.98 Å². The molecule has 0 aliphatic carbocycles. The van der Waals surface area contributed by atoms with E-state index < -0.39 is 6.10 Å². The lowest BCUT2D eigenvalue weighted by molar-refractivity contribution is 0.178. The predicted octanol–water partition coefficient (Wildman–Crippen LogP) is 2.37. The van der Waals surface area contributed by atoms with Crippen molar-refractivity contribution in [3.05, 3.63) is 53.7 Å². The van der Waals surface area contributed by atoms with Crippen molar-refractivity contribution in [1.29, 1.82) is 0 Å². The molecule has 100 valence electrons. The van der Waals surface area contributed by atoms with Crippen LogP contribution in [-0.4, -0.2) is 24.3 Å². The Labute approximate surface area is 112 Å². The van der Waals surface area contributed by atoms with E-state index in [1.807, 2.05) is 30.3 Å². The molecule has 0 saturated heterocycles. The summed E-state index contributed by atoms with van der Waals surface area (Å²) in [5.74, 6) is 1.31. The SMILES string of the molecule is COc1cccc(C(O)Cc2ccc(OC)nc2)c1. The zero-order valence-electron chi connectivity index (χ0n) is 11.0. The van der Waals surface area contributed by atoms with Crippen molar-refractivity contribution in [3.8, 4) is 11.6 Å². The highest BCUT2D eigenvalue weighted by molar-refractivity contribution is 5.31. The molecule has 19 heavy (non-hydrogen) atoms. The third-order valence-electron chi connectivity index (χ3n) is 2.91. The van der Waals surface area contributed by atoms with E-state index in [4.69, 9.17) is 9.47 Å². The van der Waals surface area contributed by atoms with Gasteiger partial charge in [-0.2, -0.15) is 0 Å². The lowest BCUT2D eigenvalue weighted by atomic mass is 10.0. The Morgan fingerprint density at radius 2 is 2.00 bits per heavy atom. The van der Waals surface area contributed by atoms with Crippen molar-refractivity contribution in [2.24, 2.45) is 0 Å². The molecule has 1 N–H and O–H groups in total. The Morgan fingerprint density at radius 3 is 2.63 bits per heavy atom. The lowest BCUT2D eigenvalue weighted by Crippen LogP contribution is -2.02. The van der Waals surface area contributed by atoms with Gasteiger partial charge in [-0.15, -0.1) is 0 Å². The molecule has 0 aliphatic rings. The second-order valence-electron chi connectivity index (χ2n) is 4.21. The van der Waals surface area contributed by atoms with Crippen LogP contribution in [0.3, 0.4) is 0 Å². The summed E-state index contributed by atoms with van der Waals surface area (Å²) in [6, 6.07) is 11.1. The molecule has 0 saturated carbocycles. The van der Waals surface area contributed by atoms with Gasteiger partial charge in [0, 0.05) is 18.7 Å². The van der Waals surface area contributed by atoms with Crippen LogP contribution in [0, 0.1) is 0 Å². The molecule has 0 radical (unpaired) electrons. The zero-order valence-corrected chi connectivity index (χ0v) is 11.0. The number of rotatable bonds is 5. The summed E-state index contributed by atoms with van der Waals surface area (Å²) < 4.78 is 10.1. The third kappa shape index (κ3) is 3.45. The second-order valence-corrected chi connectivity index (χ2v) is 4.21. The number of nitrogens with zero attached hydrogens (tertiary/aromatic N) is 1. The summed E-state index contributed by atoms with van der Waals surface area (Å²) in [7, 11) is 3.19. The van der Waals surface area contributed by atoms with Crippen LogP contribution in [-0.2, 0) is 6.42 Å². The monoisotopic (exact) mass is 259 g/mol. The minimum absolute atomic E-state index is 0.504. The van der Waals surface area contributed by atoms with Gasteiger partial charge in [-0.25, -0.2) is 4.98 Å². The average molecular weight is 259 g/mol. The molecule has 4 nitrogen and oxygen atoms in total. The quantitative estimate of drug-likeness (QED) is 0.895. The van der Waals surface area contributed by atoms with Crippen molar-refractivity contribution in [3.63, 3.8) is 0 Å². The van der Waals surface area contributed by atoms with Gasteiger partial charge in [-0.05, 0) is 23.3 Å². The van der Waals surface area contributed by atoms with Gasteiger partial charge in [0.2, 0.25) is 5.88 Å². The van der Waals surface area contributed by atoms with Crippen molar-refractivity contribution >= 4 is 0 Å². The van der Waals surface area contributed by atoms with Gasteiger partial charge in [0.25, 0.3) is 0 Å². The summed E-state index contributed by atoms with van der Waals surface area (Å²) in [5, 5.41) is 10.2. The van der Waals surface area contributed by atoms with Crippen molar-refractivity contribution in [1.82, 2.24) is 4.98 Å². The van der Waals surface area contributed by atoms with Crippen molar-refractivity contribution in [2.75, 3.05) is 14.2 Å². The molecule has 2 rings (SSSR count). The van der Waals surface area contributed by atoms with Crippen LogP contribution in [0.25, 0.3) is 0 Å². The van der Waals surface area contributed by atoms with Gasteiger partial charge in [0.1, 0.15) is 5.75 Å². The largest absolute Gasteiger partial charge is 0.497 e. The summed E-state index contributed by atoms with van der Waals surface area (Å²) in [4.78, 5) is 4.12. The maximum Gasteiger partial charge on any atom is 0.212 e. The van der Waals surface area contributed by atoms with E-state index in [-0.39, 0.29) is 0 Å². The van der Waals surface area contributed by atoms with E-state index in [0.717, 1.165) is 16.9 Å². The minimum atomic E-state index is -0.578. The Bertz CT molecular complexity index is 525. The first-order chi connectivity index (χ1) is 9.22. The number of ether oxygens (including phenoxy) is 2. The molecule has 0 aliphatic heterocycles. The van der Waals surface area contributed by atoms with Crippen LogP contribution in [0.2, 0.25) is 0 Å². The van der Waals surface area contributed by atoms with Gasteiger partial charge in [-0.3, -0.25) is 0 Å². The standard InChI is InChI=1S/C15H17NO3/c1-18-13-5-3-4-12(9-13)14(17)8-11-6-7-15(19-2)16-10-11/h3-7,9-10,14,17H,8H2,1-2H3. The zero-order chi connectivity index (χ0) is 13.7. The molecule has 0 fully saturated rings. The van der Waals surface area contributed by atoms with Crippen LogP contribution >= 0.6 is 0 Å². The molecule has 1 aromatic heterocycles. The number of aliphatic hydroxyl groups is 1. The molecule has 1 heterocycles. The second kappa shape index (κ2) is 6.20. The Balaban J connectivity index is 2.08. The minimum Gasteiger partial charge on any atom is -0.497 e. The molecule has 0 bridgehead atoms. The number of aliphatic hydroxyl groups excluding tert-OH is 1. The van der Waals surface area contributed by atoms with Crippen LogP contribution < -0.4 is 9.47 Å². The van der Waals surface area contributed by atoms with E-state index >= 15 is 0 Å². The highest BCUT2D eigenvalue weighted by Gasteiger charge is 2.10. The van der Waals surface area contributed by atoms with Crippen molar-refractivity contribution in [2.45, 2.75) is 12.5 Å². The fraction of sp³-hybridized carbons (Fsp3) is 0.267. The summed E-state index contributed by atoms with van der Waals surface area (Å²) in [6.45, 7) is 0. The molecule has 4 heteroatoms. The maximum atomic E-state index is 10.2. The number of hydrogen-bond acceptors (Lipinski definition) is 4. The fourth-order valence-corrected chi connectivity index (χ4v) is 1.84. The predicted molar refractivity (Wildman–Crippen MR) is 72.4 cm³/mol. The highest BCUT2D eigenvalue weighted by Crippen LogP contribution is 2.22. The molecular formula is C15H17NO3. The first-order valence-corrected chi connectivity index (χ1v) is 6.04. The van der Waals surface area contributed by atoms with Crippen LogP contribution in [0.4, 0.5) is 0 Å². The maximum absolute atomic E-state index is 10.2. The molecule has 0 spiro atoms. The van der Waals surface area contributed by atoms with Crippen LogP contribution in [0.1, 0.15) is 17.2 Å². The molecule has 0 amide bonds. The molecule has 1 aromatic carbocycles. The number of pyridine rings is 1. The number of hydrogen-bond donors (Lipinski definition) is 1. The van der Waals surface area contributed by atoms with Gasteiger partial charge >= 0.3 is 0 Å². The highest BCUT2D eigenvalue weighted by atomic mass is 16.5. The number of benzene rings is 1. The Hall–Kier alpha value is -2.07. The molecule has 2 aromatic rings. The third-order valence-corrected chi connectivity index (χ3v) is 2.91. The van der Waals surface area contributed by atoms with Gasteiger partial charge in [0.15, 0.2) is 0 Å². The Morgan fingerprint density at radius 1 is 1.16 bits per heavy atom. The molecular weight excluding hydrogens is 242 g/mol. The topological polar surface area (TPSA) is 51.6 Å². The Kier molecular flexibility index (Phi) is 4.36. The summed E-state index contributed by atoms with van der Waals surface area (Å²) >= 11 is 0. The average Bonchev–Trinajstić information content (AvgIpc) is 2.48. The van der Waals surface area contributed by atoms with Crippen molar-refractivity contribution < 1.29 is 14.6 Å². The van der Waals surface area contributed by atoms with Gasteiger partial charge in [-0.1, -0.05) is 18.2 Å². The van der Waals surface area contributed by atoms with E-state index in [1.165, 1.54) is 0 Å². The van der Waals surface area contributed by atoms with E-state index in [0.29, 0.717) is 12.3 Å².